The Kier molecular flexibility index (Phi) is 7.86. The smallest absolute Gasteiger partial charge is 0.311 e. The van der Waals surface area contributed by atoms with Gasteiger partial charge in [0.05, 0.1) is 17.1 Å². The molecule has 11 heteroatoms. The lowest BCUT2D eigenvalue weighted by molar-refractivity contribution is -0.384. The molecule has 3 rings (SSSR count). The molecule has 3 aromatic rings. The third-order valence-electron chi connectivity index (χ3n) is 4.91. The van der Waals surface area contributed by atoms with Crippen LogP contribution in [-0.4, -0.2) is 44.7 Å². The third-order valence-corrected chi connectivity index (χ3v) is 5.15. The number of aromatic nitrogens is 2. The summed E-state index contributed by atoms with van der Waals surface area (Å²) < 4.78 is 1.91. The molecule has 2 aromatic heterocycles. The zero-order valence-corrected chi connectivity index (χ0v) is 18.7. The number of nitrogens with zero attached hydrogens (tertiary/aromatic N) is 3. The summed E-state index contributed by atoms with van der Waals surface area (Å²) in [6.07, 6.45) is 4.33. The Morgan fingerprint density at radius 2 is 2.12 bits per heavy atom. The van der Waals surface area contributed by atoms with Gasteiger partial charge in [0.15, 0.2) is 0 Å². The standard InChI is InChI=1S/C22H25ClN6O4/c1-14(13-30)26-22(31)18-12-28(11-17(18)15-4-2-5-16(23)10-15)9-3-8-25-20-7-6-19(29(32)33)21(24)27-20/h2,4-7,10-12,14,30H,3,8-9,13H2,1H3,(H,26,31)(H3,24,25,27)/t14-/m1/s1. The quantitative estimate of drug-likeness (QED) is 0.201. The van der Waals surface area contributed by atoms with Crippen molar-refractivity contribution in [2.24, 2.45) is 0 Å². The van der Waals surface area contributed by atoms with Crippen molar-refractivity contribution in [2.75, 3.05) is 24.2 Å². The van der Waals surface area contributed by atoms with Crippen LogP contribution in [0.1, 0.15) is 23.7 Å². The molecular formula is C22H25ClN6O4. The fraction of sp³-hybridized carbons (Fsp3) is 0.273. The maximum Gasteiger partial charge on any atom is 0.311 e. The number of hydrogen-bond acceptors (Lipinski definition) is 7. The minimum Gasteiger partial charge on any atom is -0.394 e. The Bertz CT molecular complexity index is 1150. The zero-order chi connectivity index (χ0) is 24.0. The number of halogens is 1. The Balaban J connectivity index is 1.70. The van der Waals surface area contributed by atoms with E-state index >= 15 is 0 Å². The van der Waals surface area contributed by atoms with Crippen LogP contribution in [0, 0.1) is 10.1 Å². The number of carbonyl (C=O) groups excluding carboxylic acids is 1. The third kappa shape index (κ3) is 6.21. The van der Waals surface area contributed by atoms with Gasteiger partial charge < -0.3 is 26.0 Å². The van der Waals surface area contributed by atoms with Gasteiger partial charge in [0, 0.05) is 48.2 Å². The van der Waals surface area contributed by atoms with Gasteiger partial charge >= 0.3 is 5.69 Å². The van der Waals surface area contributed by atoms with E-state index in [4.69, 9.17) is 17.3 Å². The lowest BCUT2D eigenvalue weighted by Gasteiger charge is -2.11. The van der Waals surface area contributed by atoms with E-state index < -0.39 is 4.92 Å². The molecule has 0 bridgehead atoms. The molecular weight excluding hydrogens is 448 g/mol. The molecule has 1 aromatic carbocycles. The zero-order valence-electron chi connectivity index (χ0n) is 18.0. The molecule has 0 aliphatic heterocycles. The predicted molar refractivity (Wildman–Crippen MR) is 127 cm³/mol. The number of anilines is 2. The molecule has 2 heterocycles. The predicted octanol–water partition coefficient (Wildman–Crippen LogP) is 3.31. The van der Waals surface area contributed by atoms with Crippen LogP contribution < -0.4 is 16.4 Å². The number of nitrogens with two attached hydrogens (primary N) is 1. The topological polar surface area (TPSA) is 148 Å². The summed E-state index contributed by atoms with van der Waals surface area (Å²) in [6.45, 7) is 2.70. The number of nitrogens with one attached hydrogen (secondary N) is 2. The molecule has 1 atom stereocenters. The molecule has 0 aliphatic rings. The van der Waals surface area contributed by atoms with E-state index in [2.05, 4.69) is 15.6 Å². The first-order valence-corrected chi connectivity index (χ1v) is 10.7. The van der Waals surface area contributed by atoms with E-state index in [1.54, 1.807) is 25.3 Å². The van der Waals surface area contributed by atoms with Crippen molar-refractivity contribution < 1.29 is 14.8 Å². The van der Waals surface area contributed by atoms with Gasteiger partial charge in [-0.25, -0.2) is 4.98 Å². The Morgan fingerprint density at radius 1 is 1.33 bits per heavy atom. The van der Waals surface area contributed by atoms with Gasteiger partial charge in [-0.15, -0.1) is 0 Å². The van der Waals surface area contributed by atoms with E-state index in [-0.39, 0.29) is 30.1 Å². The molecule has 0 radical (unpaired) electrons. The van der Waals surface area contributed by atoms with Crippen molar-refractivity contribution in [1.29, 1.82) is 0 Å². The number of aliphatic hydroxyl groups is 1. The minimum atomic E-state index is -0.579. The number of aliphatic hydroxyl groups excluding tert-OH is 1. The Labute approximate surface area is 195 Å². The summed E-state index contributed by atoms with van der Waals surface area (Å²) in [5.41, 5.74) is 7.41. The number of carbonyl (C=O) groups is 1. The van der Waals surface area contributed by atoms with E-state index in [9.17, 15) is 20.0 Å². The average molecular weight is 473 g/mol. The van der Waals surface area contributed by atoms with Crippen molar-refractivity contribution in [3.63, 3.8) is 0 Å². The summed E-state index contributed by atoms with van der Waals surface area (Å²) in [5, 5.41) is 26.5. The van der Waals surface area contributed by atoms with Gasteiger partial charge in [0.2, 0.25) is 5.82 Å². The number of pyridine rings is 1. The van der Waals surface area contributed by atoms with E-state index in [1.165, 1.54) is 12.1 Å². The number of hydrogen-bond donors (Lipinski definition) is 4. The number of aryl methyl sites for hydroxylation is 1. The highest BCUT2D eigenvalue weighted by molar-refractivity contribution is 6.30. The highest BCUT2D eigenvalue weighted by Crippen LogP contribution is 2.27. The Hall–Kier alpha value is -3.63. The number of amides is 1. The summed E-state index contributed by atoms with van der Waals surface area (Å²) in [4.78, 5) is 27.0. The minimum absolute atomic E-state index is 0.144. The molecule has 0 unspecified atom stereocenters. The molecule has 0 saturated heterocycles. The molecule has 0 spiro atoms. The first kappa shape index (κ1) is 24.0. The first-order chi connectivity index (χ1) is 15.8. The van der Waals surface area contributed by atoms with Crippen LogP contribution in [0.4, 0.5) is 17.3 Å². The molecule has 33 heavy (non-hydrogen) atoms. The number of nitro groups is 1. The molecule has 1 amide bonds. The summed E-state index contributed by atoms with van der Waals surface area (Å²) >= 11 is 6.14. The lowest BCUT2D eigenvalue weighted by atomic mass is 10.0. The van der Waals surface area contributed by atoms with E-state index in [1.807, 2.05) is 22.9 Å². The van der Waals surface area contributed by atoms with E-state index in [0.29, 0.717) is 35.9 Å². The molecule has 10 nitrogen and oxygen atoms in total. The second-order valence-corrected chi connectivity index (χ2v) is 7.97. The maximum atomic E-state index is 12.8. The maximum absolute atomic E-state index is 12.8. The summed E-state index contributed by atoms with van der Waals surface area (Å²) in [6, 6.07) is 9.70. The average Bonchev–Trinajstić information content (AvgIpc) is 3.21. The van der Waals surface area contributed by atoms with Crippen molar-refractivity contribution in [1.82, 2.24) is 14.9 Å². The summed E-state index contributed by atoms with van der Waals surface area (Å²) in [5.74, 6) is 0.0200. The van der Waals surface area contributed by atoms with Gasteiger partial charge in [-0.1, -0.05) is 23.7 Å². The van der Waals surface area contributed by atoms with Crippen LogP contribution in [0.5, 0.6) is 0 Å². The Morgan fingerprint density at radius 3 is 2.79 bits per heavy atom. The van der Waals surface area contributed by atoms with Crippen LogP contribution in [0.15, 0.2) is 48.8 Å². The van der Waals surface area contributed by atoms with Crippen LogP contribution >= 0.6 is 11.6 Å². The molecule has 174 valence electrons. The van der Waals surface area contributed by atoms with Crippen molar-refractivity contribution in [3.8, 4) is 11.1 Å². The number of rotatable bonds is 10. The van der Waals surface area contributed by atoms with Crippen LogP contribution in [0.25, 0.3) is 11.1 Å². The van der Waals surface area contributed by atoms with Crippen LogP contribution in [0.3, 0.4) is 0 Å². The fourth-order valence-corrected chi connectivity index (χ4v) is 3.44. The second-order valence-electron chi connectivity index (χ2n) is 7.53. The van der Waals surface area contributed by atoms with Crippen molar-refractivity contribution in [2.45, 2.75) is 25.9 Å². The van der Waals surface area contributed by atoms with Crippen LogP contribution in [-0.2, 0) is 6.54 Å². The summed E-state index contributed by atoms with van der Waals surface area (Å²) in [7, 11) is 0. The molecule has 0 fully saturated rings. The van der Waals surface area contributed by atoms with Crippen molar-refractivity contribution >= 4 is 34.8 Å². The first-order valence-electron chi connectivity index (χ1n) is 10.3. The lowest BCUT2D eigenvalue weighted by Crippen LogP contribution is -2.35. The highest BCUT2D eigenvalue weighted by Gasteiger charge is 2.18. The second kappa shape index (κ2) is 10.8. The van der Waals surface area contributed by atoms with E-state index in [0.717, 1.165) is 11.1 Å². The fourth-order valence-electron chi connectivity index (χ4n) is 3.25. The van der Waals surface area contributed by atoms with Crippen LogP contribution in [0.2, 0.25) is 5.02 Å². The largest absolute Gasteiger partial charge is 0.394 e. The van der Waals surface area contributed by atoms with Gasteiger partial charge in [-0.2, -0.15) is 0 Å². The SMILES string of the molecule is C[C@H](CO)NC(=O)c1cn(CCCNc2ccc([N+](=O)[O-])c(N)n2)cc1-c1cccc(Cl)c1. The molecule has 5 N–H and O–H groups in total. The van der Waals surface area contributed by atoms with Gasteiger partial charge in [0.25, 0.3) is 5.91 Å². The van der Waals surface area contributed by atoms with Gasteiger partial charge in [-0.05, 0) is 37.1 Å². The molecule has 0 aliphatic carbocycles. The normalized spacial score (nSPS) is 11.7. The highest BCUT2D eigenvalue weighted by atomic mass is 35.5. The van der Waals surface area contributed by atoms with Gasteiger partial charge in [-0.3, -0.25) is 14.9 Å². The van der Waals surface area contributed by atoms with Crippen molar-refractivity contribution in [3.05, 3.63) is 69.5 Å². The molecule has 0 saturated carbocycles. The number of benzene rings is 1. The van der Waals surface area contributed by atoms with Gasteiger partial charge in [0.1, 0.15) is 5.82 Å². The monoisotopic (exact) mass is 472 g/mol. The number of nitrogen functional groups attached to an aromatic ring is 1.